The number of para-hydroxylation sites is 1. The number of carbonyl (C=O) groups excluding carboxylic acids is 1. The Kier molecular flexibility index (Phi) is 6.32. The second-order valence-corrected chi connectivity index (χ2v) is 9.56. The zero-order chi connectivity index (χ0) is 25.2. The largest absolute Gasteiger partial charge is 0.368 e. The summed E-state index contributed by atoms with van der Waals surface area (Å²) in [4.78, 5) is 19.7. The molecule has 1 saturated heterocycles. The smallest absolute Gasteiger partial charge is 0.251 e. The number of hydrogen-bond acceptors (Lipinski definition) is 6. The molecule has 3 heterocycles. The van der Waals surface area contributed by atoms with Crippen molar-refractivity contribution in [3.8, 4) is 0 Å². The molecule has 0 saturated carbocycles. The molecule has 1 fully saturated rings. The van der Waals surface area contributed by atoms with Crippen molar-refractivity contribution < 1.29 is 4.79 Å². The lowest BCUT2D eigenvalue weighted by Crippen LogP contribution is -2.51. The number of benzene rings is 3. The third-order valence-corrected chi connectivity index (χ3v) is 7.17. The van der Waals surface area contributed by atoms with E-state index < -0.39 is 0 Å². The van der Waals surface area contributed by atoms with Crippen LogP contribution in [-0.4, -0.2) is 63.7 Å². The van der Waals surface area contributed by atoms with E-state index >= 15 is 0 Å². The minimum absolute atomic E-state index is 0.0500. The lowest BCUT2D eigenvalue weighted by molar-refractivity contribution is -0.129. The molecule has 0 spiro atoms. The molecule has 2 aliphatic heterocycles. The normalized spacial score (nSPS) is 17.4. The quantitative estimate of drug-likeness (QED) is 0.401. The number of carbonyl (C=O) groups is 1. The summed E-state index contributed by atoms with van der Waals surface area (Å²) in [6.07, 6.45) is 2.11. The molecule has 1 atom stereocenters. The van der Waals surface area contributed by atoms with E-state index in [1.54, 1.807) is 4.68 Å². The highest BCUT2D eigenvalue weighted by Gasteiger charge is 2.33. The molecule has 1 aromatic heterocycles. The molecule has 9 heteroatoms. The van der Waals surface area contributed by atoms with Crippen LogP contribution >= 0.6 is 11.6 Å². The Morgan fingerprint density at radius 2 is 1.54 bits per heavy atom. The predicted octanol–water partition coefficient (Wildman–Crippen LogP) is 4.13. The van der Waals surface area contributed by atoms with Crippen molar-refractivity contribution in [3.05, 3.63) is 107 Å². The fraction of sp³-hybridized carbons (Fsp3) is 0.214. The van der Waals surface area contributed by atoms with Gasteiger partial charge in [-0.3, -0.25) is 9.69 Å². The van der Waals surface area contributed by atoms with Crippen LogP contribution < -0.4 is 9.80 Å². The van der Waals surface area contributed by atoms with E-state index in [4.69, 9.17) is 11.6 Å². The maximum atomic E-state index is 13.6. The van der Waals surface area contributed by atoms with Crippen LogP contribution in [0.4, 0.5) is 11.6 Å². The zero-order valence-electron chi connectivity index (χ0n) is 20.2. The van der Waals surface area contributed by atoms with Gasteiger partial charge in [0.05, 0.1) is 5.70 Å². The first-order valence-corrected chi connectivity index (χ1v) is 12.7. The Balaban J connectivity index is 1.27. The molecular formula is C28H26ClN7O. The number of aromatic nitrogens is 4. The van der Waals surface area contributed by atoms with E-state index in [9.17, 15) is 4.79 Å². The summed E-state index contributed by atoms with van der Waals surface area (Å²) in [7, 11) is 0. The molecule has 37 heavy (non-hydrogen) atoms. The van der Waals surface area contributed by atoms with E-state index in [-0.39, 0.29) is 18.5 Å². The SMILES string of the molecule is O=C(CN1C(c2ccccc2)=CC(c2ccc(Cl)cc2)n2nnnc21)N1CCN(c2ccccc2)CC1. The number of allylic oxidation sites excluding steroid dienone is 1. The molecule has 0 aliphatic carbocycles. The van der Waals surface area contributed by atoms with Gasteiger partial charge in [-0.2, -0.15) is 4.68 Å². The first-order chi connectivity index (χ1) is 18.2. The fourth-order valence-corrected chi connectivity index (χ4v) is 5.09. The summed E-state index contributed by atoms with van der Waals surface area (Å²) in [5, 5.41) is 13.3. The summed E-state index contributed by atoms with van der Waals surface area (Å²) in [5.41, 5.74) is 4.10. The molecule has 186 valence electrons. The molecule has 6 rings (SSSR count). The molecule has 0 N–H and O–H groups in total. The number of nitrogens with zero attached hydrogens (tertiary/aromatic N) is 7. The van der Waals surface area contributed by atoms with Crippen LogP contribution in [0.3, 0.4) is 0 Å². The minimum Gasteiger partial charge on any atom is -0.368 e. The van der Waals surface area contributed by atoms with Crippen LogP contribution in [0.25, 0.3) is 5.70 Å². The van der Waals surface area contributed by atoms with E-state index in [0.717, 1.165) is 29.9 Å². The first-order valence-electron chi connectivity index (χ1n) is 12.3. The highest BCUT2D eigenvalue weighted by Crippen LogP contribution is 2.36. The monoisotopic (exact) mass is 511 g/mol. The van der Waals surface area contributed by atoms with Crippen molar-refractivity contribution in [2.24, 2.45) is 0 Å². The number of fused-ring (bicyclic) bond motifs is 1. The number of piperazine rings is 1. The van der Waals surface area contributed by atoms with Gasteiger partial charge >= 0.3 is 0 Å². The molecule has 1 unspecified atom stereocenters. The van der Waals surface area contributed by atoms with Crippen molar-refractivity contribution in [1.82, 2.24) is 25.1 Å². The van der Waals surface area contributed by atoms with Crippen molar-refractivity contribution in [1.29, 1.82) is 0 Å². The van der Waals surface area contributed by atoms with Gasteiger partial charge in [-0.25, -0.2) is 0 Å². The summed E-state index contributed by atoms with van der Waals surface area (Å²) in [6.45, 7) is 3.09. The lowest BCUT2D eigenvalue weighted by Gasteiger charge is -2.38. The molecule has 1 amide bonds. The average molecular weight is 512 g/mol. The zero-order valence-corrected chi connectivity index (χ0v) is 20.9. The average Bonchev–Trinajstić information content (AvgIpc) is 3.45. The number of tetrazole rings is 1. The Bertz CT molecular complexity index is 1400. The minimum atomic E-state index is -0.224. The van der Waals surface area contributed by atoms with Crippen LogP contribution in [0.5, 0.6) is 0 Å². The van der Waals surface area contributed by atoms with Gasteiger partial charge in [0.1, 0.15) is 12.6 Å². The number of halogens is 1. The maximum absolute atomic E-state index is 13.6. The van der Waals surface area contributed by atoms with Crippen molar-refractivity contribution >= 4 is 34.8 Å². The van der Waals surface area contributed by atoms with E-state index in [1.807, 2.05) is 82.6 Å². The number of anilines is 2. The van der Waals surface area contributed by atoms with Gasteiger partial charge in [0.25, 0.3) is 5.95 Å². The summed E-state index contributed by atoms with van der Waals surface area (Å²) in [5.74, 6) is 0.589. The predicted molar refractivity (Wildman–Crippen MR) is 144 cm³/mol. The van der Waals surface area contributed by atoms with Gasteiger partial charge in [0, 0.05) is 36.9 Å². The molecule has 4 aromatic rings. The summed E-state index contributed by atoms with van der Waals surface area (Å²) >= 11 is 6.14. The molecule has 0 radical (unpaired) electrons. The third-order valence-electron chi connectivity index (χ3n) is 6.92. The number of amides is 1. The highest BCUT2D eigenvalue weighted by atomic mass is 35.5. The molecule has 3 aromatic carbocycles. The van der Waals surface area contributed by atoms with Gasteiger partial charge < -0.3 is 9.80 Å². The van der Waals surface area contributed by atoms with E-state index in [0.29, 0.717) is 24.1 Å². The van der Waals surface area contributed by atoms with Gasteiger partial charge in [-0.05, 0) is 51.9 Å². The van der Waals surface area contributed by atoms with E-state index in [2.05, 4.69) is 38.6 Å². The van der Waals surface area contributed by atoms with Crippen LogP contribution in [0.2, 0.25) is 5.02 Å². The summed E-state index contributed by atoms with van der Waals surface area (Å²) < 4.78 is 1.76. The molecule has 8 nitrogen and oxygen atoms in total. The Morgan fingerprint density at radius 3 is 2.24 bits per heavy atom. The van der Waals surface area contributed by atoms with E-state index in [1.165, 1.54) is 5.69 Å². The van der Waals surface area contributed by atoms with Crippen molar-refractivity contribution in [2.75, 3.05) is 42.5 Å². The van der Waals surface area contributed by atoms with Crippen molar-refractivity contribution in [3.63, 3.8) is 0 Å². The van der Waals surface area contributed by atoms with Crippen LogP contribution in [-0.2, 0) is 4.79 Å². The van der Waals surface area contributed by atoms with Gasteiger partial charge in [0.2, 0.25) is 5.91 Å². The highest BCUT2D eigenvalue weighted by molar-refractivity contribution is 6.30. The van der Waals surface area contributed by atoms with Crippen LogP contribution in [0, 0.1) is 0 Å². The van der Waals surface area contributed by atoms with Crippen molar-refractivity contribution in [2.45, 2.75) is 6.04 Å². The Labute approximate surface area is 220 Å². The second-order valence-electron chi connectivity index (χ2n) is 9.13. The molecule has 2 aliphatic rings. The second kappa shape index (κ2) is 10.1. The molecular weight excluding hydrogens is 486 g/mol. The van der Waals surface area contributed by atoms with Gasteiger partial charge in [-0.15, -0.1) is 0 Å². The lowest BCUT2D eigenvalue weighted by atomic mass is 10.0. The third kappa shape index (κ3) is 4.68. The fourth-order valence-electron chi connectivity index (χ4n) is 4.97. The topological polar surface area (TPSA) is 70.4 Å². The number of rotatable bonds is 5. The maximum Gasteiger partial charge on any atom is 0.251 e. The summed E-state index contributed by atoms with van der Waals surface area (Å²) in [6, 6.07) is 27.8. The van der Waals surface area contributed by atoms with Crippen LogP contribution in [0.1, 0.15) is 17.2 Å². The molecule has 0 bridgehead atoms. The van der Waals surface area contributed by atoms with Gasteiger partial charge in [0.15, 0.2) is 0 Å². The number of hydrogen-bond donors (Lipinski definition) is 0. The Morgan fingerprint density at radius 1 is 0.865 bits per heavy atom. The Hall–Kier alpha value is -4.17. The van der Waals surface area contributed by atoms with Gasteiger partial charge in [-0.1, -0.05) is 77.4 Å². The van der Waals surface area contributed by atoms with Crippen LogP contribution in [0.15, 0.2) is 91.0 Å². The standard InChI is InChI=1S/C28H26ClN7O/c29-23-13-11-22(12-14-23)26-19-25(21-7-3-1-4-8-21)35(28-30-31-32-36(26)28)20-27(37)34-17-15-33(16-18-34)24-9-5-2-6-10-24/h1-14,19,26H,15-18,20H2. The first kappa shape index (κ1) is 23.2.